The van der Waals surface area contributed by atoms with Crippen molar-refractivity contribution < 1.29 is 23.9 Å². The molecule has 0 saturated heterocycles. The molecular weight excluding hydrogens is 190 g/mol. The van der Waals surface area contributed by atoms with Crippen LogP contribution in [0.3, 0.4) is 0 Å². The van der Waals surface area contributed by atoms with Crippen molar-refractivity contribution in [1.29, 1.82) is 0 Å². The molecular formula is C8H7NO5. The Balaban J connectivity index is 4.35. The van der Waals surface area contributed by atoms with E-state index in [-0.39, 0.29) is 0 Å². The Morgan fingerprint density at radius 1 is 1.21 bits per heavy atom. The fourth-order valence-corrected chi connectivity index (χ4v) is 0.415. The lowest BCUT2D eigenvalue weighted by Gasteiger charge is -2.09. The average molecular weight is 197 g/mol. The highest BCUT2D eigenvalue weighted by Gasteiger charge is 2.14. The van der Waals surface area contributed by atoms with Crippen LogP contribution in [0.2, 0.25) is 0 Å². The SMILES string of the molecule is C=CC(=O)OC(N=C=O)OC(=O)C=C. The van der Waals surface area contributed by atoms with Crippen LogP contribution < -0.4 is 0 Å². The molecule has 74 valence electrons. The van der Waals surface area contributed by atoms with Gasteiger partial charge in [0.1, 0.15) is 0 Å². The van der Waals surface area contributed by atoms with E-state index >= 15 is 0 Å². The summed E-state index contributed by atoms with van der Waals surface area (Å²) in [6.07, 6.45) is 1.09. The summed E-state index contributed by atoms with van der Waals surface area (Å²) in [6.45, 7) is 6.20. The van der Waals surface area contributed by atoms with Crippen molar-refractivity contribution in [2.45, 2.75) is 6.41 Å². The van der Waals surface area contributed by atoms with Crippen molar-refractivity contribution in [3.63, 3.8) is 0 Å². The minimum atomic E-state index is -1.65. The first-order chi connectivity index (χ1) is 6.63. The molecule has 0 unspecified atom stereocenters. The molecule has 0 atom stereocenters. The molecule has 0 radical (unpaired) electrons. The van der Waals surface area contributed by atoms with E-state index in [1.807, 2.05) is 0 Å². The van der Waals surface area contributed by atoms with E-state index in [0.717, 1.165) is 18.2 Å². The maximum Gasteiger partial charge on any atom is 0.360 e. The molecule has 6 heteroatoms. The number of hydrogen-bond acceptors (Lipinski definition) is 6. The van der Waals surface area contributed by atoms with Gasteiger partial charge in [-0.3, -0.25) is 0 Å². The predicted molar refractivity (Wildman–Crippen MR) is 44.5 cm³/mol. The summed E-state index contributed by atoms with van der Waals surface area (Å²) < 4.78 is 8.67. The molecule has 14 heavy (non-hydrogen) atoms. The maximum absolute atomic E-state index is 10.6. The number of carbonyl (C=O) groups is 2. The second-order valence-corrected chi connectivity index (χ2v) is 1.81. The molecule has 0 amide bonds. The van der Waals surface area contributed by atoms with Crippen LogP contribution in [0.1, 0.15) is 0 Å². The molecule has 0 fully saturated rings. The number of ether oxygens (including phenoxy) is 2. The van der Waals surface area contributed by atoms with E-state index < -0.39 is 18.4 Å². The quantitative estimate of drug-likeness (QED) is 0.205. The molecule has 6 nitrogen and oxygen atoms in total. The van der Waals surface area contributed by atoms with Crippen LogP contribution in [-0.4, -0.2) is 24.4 Å². The summed E-state index contributed by atoms with van der Waals surface area (Å²) in [5.74, 6) is -1.77. The summed E-state index contributed by atoms with van der Waals surface area (Å²) in [6, 6.07) is 0. The zero-order valence-electron chi connectivity index (χ0n) is 7.13. The third-order valence-corrected chi connectivity index (χ3v) is 0.925. The van der Waals surface area contributed by atoms with E-state index in [0.29, 0.717) is 0 Å². The second kappa shape index (κ2) is 6.33. The summed E-state index contributed by atoms with van der Waals surface area (Å²) in [5.41, 5.74) is 0. The van der Waals surface area contributed by atoms with E-state index in [9.17, 15) is 14.4 Å². The van der Waals surface area contributed by atoms with Crippen LogP contribution in [-0.2, 0) is 23.9 Å². The largest absolute Gasteiger partial charge is 0.401 e. The number of rotatable bonds is 5. The predicted octanol–water partition coefficient (Wildman–Crippen LogP) is 0.0642. The molecule has 0 rings (SSSR count). The molecule has 0 aromatic heterocycles. The lowest BCUT2D eigenvalue weighted by molar-refractivity contribution is -0.178. The molecule has 0 heterocycles. The lowest BCUT2D eigenvalue weighted by Crippen LogP contribution is -2.20. The summed E-state index contributed by atoms with van der Waals surface area (Å²) >= 11 is 0. The molecule has 0 bridgehead atoms. The zero-order chi connectivity index (χ0) is 11.0. The Labute approximate surface area is 79.5 Å². The van der Waals surface area contributed by atoms with Crippen molar-refractivity contribution in [3.8, 4) is 0 Å². The van der Waals surface area contributed by atoms with E-state index in [2.05, 4.69) is 27.6 Å². The molecule has 0 aliphatic carbocycles. The van der Waals surface area contributed by atoms with E-state index in [1.165, 1.54) is 0 Å². The normalized spacial score (nSPS) is 8.36. The third-order valence-electron chi connectivity index (χ3n) is 0.925. The molecule has 0 aromatic carbocycles. The third kappa shape index (κ3) is 4.63. The van der Waals surface area contributed by atoms with Crippen molar-refractivity contribution in [1.82, 2.24) is 0 Å². The lowest BCUT2D eigenvalue weighted by atomic mass is 10.6. The molecule has 0 aliphatic rings. The smallest absolute Gasteiger partial charge is 0.360 e. The molecule has 0 spiro atoms. The van der Waals surface area contributed by atoms with E-state index in [1.54, 1.807) is 0 Å². The van der Waals surface area contributed by atoms with Gasteiger partial charge >= 0.3 is 18.4 Å². The van der Waals surface area contributed by atoms with Gasteiger partial charge in [0.05, 0.1) is 0 Å². The van der Waals surface area contributed by atoms with Gasteiger partial charge in [0.25, 0.3) is 0 Å². The van der Waals surface area contributed by atoms with Crippen molar-refractivity contribution in [2.75, 3.05) is 0 Å². The Bertz CT molecular complexity index is 281. The topological polar surface area (TPSA) is 82.0 Å². The fraction of sp³-hybridized carbons (Fsp3) is 0.125. The van der Waals surface area contributed by atoms with Gasteiger partial charge in [-0.05, 0) is 0 Å². The zero-order valence-corrected chi connectivity index (χ0v) is 7.13. The van der Waals surface area contributed by atoms with Gasteiger partial charge < -0.3 is 9.47 Å². The number of isocyanates is 1. The highest BCUT2D eigenvalue weighted by Crippen LogP contribution is 1.98. The number of esters is 2. The first-order valence-electron chi connectivity index (χ1n) is 3.37. The summed E-state index contributed by atoms with van der Waals surface area (Å²) in [5, 5.41) is 0. The highest BCUT2D eigenvalue weighted by molar-refractivity contribution is 5.83. The van der Waals surface area contributed by atoms with Gasteiger partial charge in [-0.25, -0.2) is 14.4 Å². The summed E-state index contributed by atoms with van der Waals surface area (Å²) in [7, 11) is 0. The number of hydrogen-bond donors (Lipinski definition) is 0. The van der Waals surface area contributed by atoms with Crippen LogP contribution in [0.4, 0.5) is 0 Å². The highest BCUT2D eigenvalue weighted by atomic mass is 16.7. The second-order valence-electron chi connectivity index (χ2n) is 1.81. The number of nitrogens with zero attached hydrogens (tertiary/aromatic N) is 1. The first-order valence-corrected chi connectivity index (χ1v) is 3.37. The van der Waals surface area contributed by atoms with Crippen LogP contribution in [0.25, 0.3) is 0 Å². The maximum atomic E-state index is 10.6. The summed E-state index contributed by atoms with van der Waals surface area (Å²) in [4.78, 5) is 34.0. The fourth-order valence-electron chi connectivity index (χ4n) is 0.415. The Morgan fingerprint density at radius 2 is 1.64 bits per heavy atom. The van der Waals surface area contributed by atoms with Gasteiger partial charge in [-0.1, -0.05) is 13.2 Å². The minimum Gasteiger partial charge on any atom is -0.401 e. The molecule has 0 aromatic rings. The Hall–Kier alpha value is -2.20. The first kappa shape index (κ1) is 11.8. The van der Waals surface area contributed by atoms with Crippen LogP contribution in [0.5, 0.6) is 0 Å². The van der Waals surface area contributed by atoms with E-state index in [4.69, 9.17) is 0 Å². The average Bonchev–Trinajstić information content (AvgIpc) is 2.17. The minimum absolute atomic E-state index is 0.828. The van der Waals surface area contributed by atoms with Crippen molar-refractivity contribution in [3.05, 3.63) is 25.3 Å². The van der Waals surface area contributed by atoms with Gasteiger partial charge in [-0.2, -0.15) is 0 Å². The number of aliphatic imine (C=N–C) groups is 1. The van der Waals surface area contributed by atoms with Crippen LogP contribution in [0, 0.1) is 0 Å². The van der Waals surface area contributed by atoms with Crippen molar-refractivity contribution >= 4 is 18.0 Å². The van der Waals surface area contributed by atoms with Gasteiger partial charge in [0.15, 0.2) is 0 Å². The standard InChI is InChI=1S/C8H7NO5/c1-3-6(11)13-8(9-5-10)14-7(12)4-2/h3-4,8H,1-2H2. The van der Waals surface area contributed by atoms with Gasteiger partial charge in [-0.15, -0.1) is 4.99 Å². The molecule has 0 N–H and O–H groups in total. The van der Waals surface area contributed by atoms with Crippen molar-refractivity contribution in [2.24, 2.45) is 4.99 Å². The Morgan fingerprint density at radius 3 is 1.93 bits per heavy atom. The van der Waals surface area contributed by atoms with Gasteiger partial charge in [0.2, 0.25) is 6.08 Å². The van der Waals surface area contributed by atoms with Gasteiger partial charge in [0, 0.05) is 12.2 Å². The Kier molecular flexibility index (Phi) is 5.34. The molecule has 0 saturated carbocycles. The van der Waals surface area contributed by atoms with Crippen LogP contribution >= 0.6 is 0 Å². The van der Waals surface area contributed by atoms with Crippen LogP contribution in [0.15, 0.2) is 30.3 Å². The monoisotopic (exact) mass is 197 g/mol. The molecule has 0 aliphatic heterocycles. The number of carbonyl (C=O) groups excluding carboxylic acids is 3.